The van der Waals surface area contributed by atoms with Crippen LogP contribution in [0, 0.1) is 0 Å². The van der Waals surface area contributed by atoms with E-state index in [1.165, 1.54) is 30.3 Å². The van der Waals surface area contributed by atoms with Crippen molar-refractivity contribution in [1.29, 1.82) is 0 Å². The van der Waals surface area contributed by atoms with Crippen LogP contribution in [0.2, 0.25) is 0 Å². The molecule has 0 bridgehead atoms. The van der Waals surface area contributed by atoms with Gasteiger partial charge in [-0.2, -0.15) is 0 Å². The first-order valence-corrected chi connectivity index (χ1v) is 7.18. The van der Waals surface area contributed by atoms with Gasteiger partial charge in [-0.05, 0) is 38.2 Å². The highest BCUT2D eigenvalue weighted by molar-refractivity contribution is 14.0. The Hall–Kier alpha value is -0.430. The number of anilines is 1. The lowest BCUT2D eigenvalue weighted by Gasteiger charge is -2.25. The van der Waals surface area contributed by atoms with Crippen molar-refractivity contribution >= 4 is 52.3 Å². The third-order valence-corrected chi connectivity index (χ3v) is 3.69. The molecule has 3 nitrogen and oxygen atoms in total. The molecule has 1 saturated heterocycles. The molecule has 1 aliphatic heterocycles. The molecule has 0 saturated carbocycles. The van der Waals surface area contributed by atoms with E-state index in [-0.39, 0.29) is 24.0 Å². The maximum absolute atomic E-state index is 5.80. The van der Waals surface area contributed by atoms with Gasteiger partial charge in [0.25, 0.3) is 0 Å². The third-order valence-electron chi connectivity index (χ3n) is 3.18. The van der Waals surface area contributed by atoms with Crippen molar-refractivity contribution < 1.29 is 0 Å². The Kier molecular flexibility index (Phi) is 6.28. The number of thioether (sulfide) groups is 1. The molecule has 18 heavy (non-hydrogen) atoms. The number of nitrogens with two attached hydrogens (primary N) is 1. The van der Waals surface area contributed by atoms with E-state index in [4.69, 9.17) is 5.73 Å². The number of nitrogens with zero attached hydrogens (tertiary/aromatic N) is 2. The topological polar surface area (TPSA) is 41.6 Å². The minimum atomic E-state index is 0. The Morgan fingerprint density at radius 2 is 2.17 bits per heavy atom. The monoisotopic (exact) mass is 377 g/mol. The molecule has 1 fully saturated rings. The zero-order chi connectivity index (χ0) is 12.3. The minimum Gasteiger partial charge on any atom is -0.378 e. The molecule has 5 heteroatoms. The van der Waals surface area contributed by atoms with Crippen molar-refractivity contribution in [2.24, 2.45) is 10.7 Å². The van der Waals surface area contributed by atoms with Crippen LogP contribution < -0.4 is 10.6 Å². The summed E-state index contributed by atoms with van der Waals surface area (Å²) in [6.45, 7) is 3.39. The predicted molar refractivity (Wildman–Crippen MR) is 92.7 cm³/mol. The molecule has 1 aromatic carbocycles. The van der Waals surface area contributed by atoms with Crippen LogP contribution in [0.3, 0.4) is 0 Å². The van der Waals surface area contributed by atoms with Crippen LogP contribution in [0.25, 0.3) is 0 Å². The van der Waals surface area contributed by atoms with Crippen LogP contribution >= 0.6 is 35.7 Å². The van der Waals surface area contributed by atoms with E-state index in [1.54, 1.807) is 0 Å². The summed E-state index contributed by atoms with van der Waals surface area (Å²) in [6, 6.07) is 8.84. The van der Waals surface area contributed by atoms with Crippen LogP contribution in [-0.2, 0) is 0 Å². The number of benzene rings is 1. The summed E-state index contributed by atoms with van der Waals surface area (Å²) in [5.41, 5.74) is 7.98. The zero-order valence-corrected chi connectivity index (χ0v) is 13.9. The van der Waals surface area contributed by atoms with Gasteiger partial charge in [0.05, 0.1) is 11.4 Å². The molecule has 2 N–H and O–H groups in total. The molecular formula is C13H20IN3S. The standard InChI is InChI=1S/C13H19N3S.HI/c1-10-6-5-9-16(10)12-8-4-3-7-11(12)15-13(14)17-2;/h3-4,7-8,10H,5-6,9H2,1-2H3,(H2,14,15);1H. The van der Waals surface area contributed by atoms with Crippen molar-refractivity contribution in [2.75, 3.05) is 17.7 Å². The predicted octanol–water partition coefficient (Wildman–Crippen LogP) is 3.60. The van der Waals surface area contributed by atoms with E-state index in [0.29, 0.717) is 11.2 Å². The van der Waals surface area contributed by atoms with Gasteiger partial charge in [0.15, 0.2) is 5.17 Å². The molecule has 0 aromatic heterocycles. The Labute approximate surface area is 130 Å². The normalized spacial score (nSPS) is 19.8. The van der Waals surface area contributed by atoms with Gasteiger partial charge >= 0.3 is 0 Å². The number of hydrogen-bond donors (Lipinski definition) is 1. The molecule has 0 aliphatic carbocycles. The Morgan fingerprint density at radius 1 is 1.44 bits per heavy atom. The largest absolute Gasteiger partial charge is 0.378 e. The fourth-order valence-corrected chi connectivity index (χ4v) is 2.45. The highest BCUT2D eigenvalue weighted by Crippen LogP contribution is 2.33. The summed E-state index contributed by atoms with van der Waals surface area (Å²) in [5, 5.41) is 0.615. The number of hydrogen-bond acceptors (Lipinski definition) is 3. The van der Waals surface area contributed by atoms with Gasteiger partial charge < -0.3 is 10.6 Å². The lowest BCUT2D eigenvalue weighted by atomic mass is 10.2. The smallest absolute Gasteiger partial charge is 0.158 e. The highest BCUT2D eigenvalue weighted by Gasteiger charge is 2.22. The molecule has 100 valence electrons. The van der Waals surface area contributed by atoms with Crippen molar-refractivity contribution in [1.82, 2.24) is 0 Å². The quantitative estimate of drug-likeness (QED) is 0.487. The van der Waals surface area contributed by atoms with Crippen LogP contribution in [0.4, 0.5) is 11.4 Å². The van der Waals surface area contributed by atoms with Crippen molar-refractivity contribution in [2.45, 2.75) is 25.8 Å². The Balaban J connectivity index is 0.00000162. The van der Waals surface area contributed by atoms with Crippen molar-refractivity contribution in [3.8, 4) is 0 Å². The van der Waals surface area contributed by atoms with Gasteiger partial charge in [-0.15, -0.1) is 24.0 Å². The fraction of sp³-hybridized carbons (Fsp3) is 0.462. The highest BCUT2D eigenvalue weighted by atomic mass is 127. The van der Waals surface area contributed by atoms with Gasteiger partial charge in [0.2, 0.25) is 0 Å². The van der Waals surface area contributed by atoms with Gasteiger partial charge in [-0.1, -0.05) is 23.9 Å². The zero-order valence-electron chi connectivity index (χ0n) is 10.8. The van der Waals surface area contributed by atoms with E-state index in [1.807, 2.05) is 18.4 Å². The molecule has 1 atom stereocenters. The van der Waals surface area contributed by atoms with E-state index >= 15 is 0 Å². The molecule has 0 spiro atoms. The van der Waals surface area contributed by atoms with Crippen molar-refractivity contribution in [3.63, 3.8) is 0 Å². The average molecular weight is 377 g/mol. The maximum atomic E-state index is 5.80. The van der Waals surface area contributed by atoms with Gasteiger partial charge in [0, 0.05) is 12.6 Å². The molecule has 0 radical (unpaired) electrons. The van der Waals surface area contributed by atoms with E-state index < -0.39 is 0 Å². The minimum absolute atomic E-state index is 0. The van der Waals surface area contributed by atoms with Gasteiger partial charge in [0.1, 0.15) is 0 Å². The van der Waals surface area contributed by atoms with Crippen LogP contribution in [-0.4, -0.2) is 24.0 Å². The molecule has 2 rings (SSSR count). The second-order valence-electron chi connectivity index (χ2n) is 4.33. The number of aliphatic imine (C=N–C) groups is 1. The number of amidine groups is 1. The molecule has 1 unspecified atom stereocenters. The van der Waals surface area contributed by atoms with Crippen LogP contribution in [0.15, 0.2) is 29.3 Å². The molecule has 1 heterocycles. The third kappa shape index (κ3) is 3.54. The SMILES string of the molecule is CSC(N)=Nc1ccccc1N1CCCC1C.I. The summed E-state index contributed by atoms with van der Waals surface area (Å²) in [6.07, 6.45) is 4.47. The average Bonchev–Trinajstić information content (AvgIpc) is 2.76. The second kappa shape index (κ2) is 7.23. The Morgan fingerprint density at radius 3 is 2.78 bits per heavy atom. The van der Waals surface area contributed by atoms with Crippen LogP contribution in [0.5, 0.6) is 0 Å². The molecule has 0 amide bonds. The van der Waals surface area contributed by atoms with E-state index in [2.05, 4.69) is 28.9 Å². The van der Waals surface area contributed by atoms with Gasteiger partial charge in [-0.25, -0.2) is 4.99 Å². The van der Waals surface area contributed by atoms with E-state index in [0.717, 1.165) is 12.2 Å². The summed E-state index contributed by atoms with van der Waals surface area (Å²) in [4.78, 5) is 6.90. The first-order chi connectivity index (χ1) is 8.22. The summed E-state index contributed by atoms with van der Waals surface area (Å²) in [5.74, 6) is 0. The van der Waals surface area contributed by atoms with Crippen LogP contribution in [0.1, 0.15) is 19.8 Å². The second-order valence-corrected chi connectivity index (χ2v) is 5.15. The summed E-state index contributed by atoms with van der Waals surface area (Å²) < 4.78 is 0. The lowest BCUT2D eigenvalue weighted by Crippen LogP contribution is -2.26. The fourth-order valence-electron chi connectivity index (χ4n) is 2.26. The molecule has 1 aromatic rings. The van der Waals surface area contributed by atoms with E-state index in [9.17, 15) is 0 Å². The first kappa shape index (κ1) is 15.6. The number of para-hydroxylation sites is 2. The number of halogens is 1. The lowest BCUT2D eigenvalue weighted by molar-refractivity contribution is 0.735. The van der Waals surface area contributed by atoms with Crippen molar-refractivity contribution in [3.05, 3.63) is 24.3 Å². The van der Waals surface area contributed by atoms with Gasteiger partial charge in [-0.3, -0.25) is 0 Å². The Bertz CT molecular complexity index is 422. The first-order valence-electron chi connectivity index (χ1n) is 5.96. The summed E-state index contributed by atoms with van der Waals surface area (Å²) in [7, 11) is 0. The summed E-state index contributed by atoms with van der Waals surface area (Å²) >= 11 is 1.48. The molecular weight excluding hydrogens is 357 g/mol. The number of rotatable bonds is 2. The molecule has 1 aliphatic rings. The maximum Gasteiger partial charge on any atom is 0.158 e.